The van der Waals surface area contributed by atoms with E-state index < -0.39 is 0 Å². The van der Waals surface area contributed by atoms with Crippen molar-refractivity contribution in [2.24, 2.45) is 4.99 Å². The minimum atomic E-state index is -0.0739. The maximum atomic E-state index is 12.0. The van der Waals surface area contributed by atoms with Crippen LogP contribution in [0.3, 0.4) is 0 Å². The average Bonchev–Trinajstić information content (AvgIpc) is 2.73. The number of nitriles is 1. The number of hydrogen-bond donors (Lipinski definition) is 3. The fourth-order valence-corrected chi connectivity index (χ4v) is 2.72. The first-order chi connectivity index (χ1) is 14.2. The number of aromatic nitrogens is 1. The molecule has 29 heavy (non-hydrogen) atoms. The molecule has 1 aromatic carbocycles. The van der Waals surface area contributed by atoms with E-state index in [1.165, 1.54) is 0 Å². The van der Waals surface area contributed by atoms with Gasteiger partial charge in [-0.3, -0.25) is 20.1 Å². The lowest BCUT2D eigenvalue weighted by molar-refractivity contribution is 0.0953. The van der Waals surface area contributed by atoms with Crippen LogP contribution in [0.25, 0.3) is 0 Å². The first-order valence-corrected chi connectivity index (χ1v) is 9.97. The molecule has 1 aromatic heterocycles. The van der Waals surface area contributed by atoms with Gasteiger partial charge in [0.05, 0.1) is 0 Å². The highest BCUT2D eigenvalue weighted by Crippen LogP contribution is 2.09. The molecule has 1 amide bonds. The number of benzene rings is 1. The number of carbonyl (C=O) groups is 1. The molecule has 0 spiro atoms. The SMILES string of the molecule is N#CNC(=NCCCCCCCNC(=O)c1ccc(Cl)cc1)Nc1ccncc1. The summed E-state index contributed by atoms with van der Waals surface area (Å²) in [5.41, 5.74) is 1.44. The second-order valence-corrected chi connectivity index (χ2v) is 6.80. The van der Waals surface area contributed by atoms with Gasteiger partial charge >= 0.3 is 0 Å². The molecule has 3 N–H and O–H groups in total. The highest BCUT2D eigenvalue weighted by atomic mass is 35.5. The summed E-state index contributed by atoms with van der Waals surface area (Å²) in [4.78, 5) is 20.3. The van der Waals surface area contributed by atoms with Crippen LogP contribution in [-0.2, 0) is 0 Å². The molecule has 1 heterocycles. The molecule has 0 aliphatic rings. The molecule has 0 radical (unpaired) electrons. The Kier molecular flexibility index (Phi) is 10.0. The third-order valence-electron chi connectivity index (χ3n) is 4.11. The zero-order valence-corrected chi connectivity index (χ0v) is 17.0. The lowest BCUT2D eigenvalue weighted by atomic mass is 10.1. The van der Waals surface area contributed by atoms with Crippen LogP contribution in [0.5, 0.6) is 0 Å². The van der Waals surface area contributed by atoms with Crippen molar-refractivity contribution in [2.45, 2.75) is 32.1 Å². The van der Waals surface area contributed by atoms with E-state index in [-0.39, 0.29) is 5.91 Å². The van der Waals surface area contributed by atoms with E-state index in [0.717, 1.165) is 37.8 Å². The number of anilines is 1. The number of nitrogens with one attached hydrogen (secondary N) is 3. The lowest BCUT2D eigenvalue weighted by Crippen LogP contribution is -2.27. The predicted molar refractivity (Wildman–Crippen MR) is 116 cm³/mol. The predicted octanol–water partition coefficient (Wildman–Crippen LogP) is 3.95. The van der Waals surface area contributed by atoms with Gasteiger partial charge in [0, 0.05) is 41.8 Å². The number of halogens is 1. The molecule has 2 rings (SSSR count). The van der Waals surface area contributed by atoms with Crippen molar-refractivity contribution in [3.05, 3.63) is 59.4 Å². The zero-order valence-electron chi connectivity index (χ0n) is 16.2. The summed E-state index contributed by atoms with van der Waals surface area (Å²) in [5.74, 6) is 0.360. The van der Waals surface area contributed by atoms with Crippen LogP contribution < -0.4 is 16.0 Å². The Balaban J connectivity index is 1.55. The summed E-state index contributed by atoms with van der Waals surface area (Å²) in [6, 6.07) is 10.5. The zero-order chi connectivity index (χ0) is 20.7. The number of carbonyl (C=O) groups excluding carboxylic acids is 1. The van der Waals surface area contributed by atoms with Gasteiger partial charge in [0.1, 0.15) is 0 Å². The van der Waals surface area contributed by atoms with E-state index in [2.05, 4.69) is 25.9 Å². The second kappa shape index (κ2) is 13.1. The Morgan fingerprint density at radius 2 is 1.72 bits per heavy atom. The maximum absolute atomic E-state index is 12.0. The molecule has 2 aromatic rings. The Morgan fingerprint density at radius 1 is 1.03 bits per heavy atom. The van der Waals surface area contributed by atoms with Crippen LogP contribution in [0, 0.1) is 11.5 Å². The Hall–Kier alpha value is -3.11. The van der Waals surface area contributed by atoms with Gasteiger partial charge in [-0.1, -0.05) is 30.9 Å². The molecule has 152 valence electrons. The van der Waals surface area contributed by atoms with Crippen LogP contribution in [0.2, 0.25) is 5.02 Å². The highest BCUT2D eigenvalue weighted by molar-refractivity contribution is 6.30. The summed E-state index contributed by atoms with van der Waals surface area (Å²) in [5, 5.41) is 18.0. The van der Waals surface area contributed by atoms with E-state index in [1.807, 2.05) is 6.19 Å². The molecule has 0 aliphatic heterocycles. The summed E-state index contributed by atoms with van der Waals surface area (Å²) in [6.07, 6.45) is 10.3. The van der Waals surface area contributed by atoms with E-state index in [0.29, 0.717) is 29.6 Å². The summed E-state index contributed by atoms with van der Waals surface area (Å²) < 4.78 is 0. The average molecular weight is 413 g/mol. The van der Waals surface area contributed by atoms with Crippen molar-refractivity contribution in [2.75, 3.05) is 18.4 Å². The van der Waals surface area contributed by atoms with Crippen molar-refractivity contribution < 1.29 is 4.79 Å². The van der Waals surface area contributed by atoms with Crippen LogP contribution in [-0.4, -0.2) is 29.9 Å². The smallest absolute Gasteiger partial charge is 0.251 e. The summed E-state index contributed by atoms with van der Waals surface area (Å²) in [6.45, 7) is 1.29. The van der Waals surface area contributed by atoms with E-state index in [1.54, 1.807) is 48.8 Å². The number of nitrogens with zero attached hydrogens (tertiary/aromatic N) is 3. The van der Waals surface area contributed by atoms with E-state index in [4.69, 9.17) is 16.9 Å². The number of aliphatic imine (C=N–C) groups is 1. The number of amides is 1. The van der Waals surface area contributed by atoms with E-state index >= 15 is 0 Å². The van der Waals surface area contributed by atoms with Crippen LogP contribution in [0.15, 0.2) is 53.8 Å². The number of guanidine groups is 1. The fourth-order valence-electron chi connectivity index (χ4n) is 2.60. The first kappa shape index (κ1) is 22.2. The van der Waals surface area contributed by atoms with Crippen molar-refractivity contribution >= 4 is 29.2 Å². The standard InChI is InChI=1S/C21H25ClN6O/c22-18-8-6-17(7-9-18)20(29)25-12-4-2-1-3-5-13-26-21(27-16-23)28-19-10-14-24-15-11-19/h6-11,14-15H,1-5,12-13H2,(H,25,29)(H2,24,26,27,28). The van der Waals surface area contributed by atoms with Gasteiger partial charge in [0.15, 0.2) is 6.19 Å². The van der Waals surface area contributed by atoms with Crippen molar-refractivity contribution in [1.82, 2.24) is 15.6 Å². The minimum absolute atomic E-state index is 0.0739. The van der Waals surface area contributed by atoms with Crippen LogP contribution >= 0.6 is 11.6 Å². The van der Waals surface area contributed by atoms with Crippen molar-refractivity contribution in [3.8, 4) is 6.19 Å². The van der Waals surface area contributed by atoms with Crippen molar-refractivity contribution in [3.63, 3.8) is 0 Å². The van der Waals surface area contributed by atoms with Gasteiger partial charge in [0.2, 0.25) is 5.96 Å². The maximum Gasteiger partial charge on any atom is 0.251 e. The van der Waals surface area contributed by atoms with Gasteiger partial charge in [0.25, 0.3) is 5.91 Å². The van der Waals surface area contributed by atoms with Gasteiger partial charge < -0.3 is 10.6 Å². The largest absolute Gasteiger partial charge is 0.352 e. The normalized spacial score (nSPS) is 10.8. The quantitative estimate of drug-likeness (QED) is 0.180. The first-order valence-electron chi connectivity index (χ1n) is 9.59. The monoisotopic (exact) mass is 412 g/mol. The molecule has 0 saturated carbocycles. The number of rotatable bonds is 10. The molecule has 0 bridgehead atoms. The number of hydrogen-bond acceptors (Lipinski definition) is 4. The fraction of sp³-hybridized carbons (Fsp3) is 0.333. The van der Waals surface area contributed by atoms with Gasteiger partial charge in [-0.25, -0.2) is 0 Å². The molecular weight excluding hydrogens is 388 g/mol. The third kappa shape index (κ3) is 9.08. The Labute approximate surface area is 176 Å². The summed E-state index contributed by atoms with van der Waals surface area (Å²) >= 11 is 5.82. The number of pyridine rings is 1. The van der Waals surface area contributed by atoms with E-state index in [9.17, 15) is 4.79 Å². The third-order valence-corrected chi connectivity index (χ3v) is 4.37. The van der Waals surface area contributed by atoms with Gasteiger partial charge in [-0.05, 0) is 49.2 Å². The Morgan fingerprint density at radius 3 is 2.45 bits per heavy atom. The summed E-state index contributed by atoms with van der Waals surface area (Å²) in [7, 11) is 0. The lowest BCUT2D eigenvalue weighted by Gasteiger charge is -2.07. The van der Waals surface area contributed by atoms with Gasteiger partial charge in [-0.2, -0.15) is 5.26 Å². The molecule has 0 fully saturated rings. The van der Waals surface area contributed by atoms with Crippen molar-refractivity contribution in [1.29, 1.82) is 5.26 Å². The molecule has 8 heteroatoms. The van der Waals surface area contributed by atoms with Crippen LogP contribution in [0.1, 0.15) is 42.5 Å². The molecule has 0 atom stereocenters. The molecule has 7 nitrogen and oxygen atoms in total. The number of unbranched alkanes of at least 4 members (excludes halogenated alkanes) is 4. The second-order valence-electron chi connectivity index (χ2n) is 6.36. The topological polar surface area (TPSA) is 102 Å². The molecule has 0 saturated heterocycles. The molecule has 0 aliphatic carbocycles. The minimum Gasteiger partial charge on any atom is -0.352 e. The highest BCUT2D eigenvalue weighted by Gasteiger charge is 2.04. The Bertz CT molecular complexity index is 817. The molecular formula is C21H25ClN6O. The van der Waals surface area contributed by atoms with Crippen LogP contribution in [0.4, 0.5) is 5.69 Å². The molecule has 0 unspecified atom stereocenters. The van der Waals surface area contributed by atoms with Gasteiger partial charge in [-0.15, -0.1) is 0 Å².